The number of nitrogens with zero attached hydrogens (tertiary/aromatic N) is 1. The van der Waals surface area contributed by atoms with Gasteiger partial charge in [0.05, 0.1) is 93.0 Å². The SMILES string of the molecule is COCCOCCOCCOCCOCCOCCOCCN1C(=O)C(P(=O)(c2ccccc2)c2ccccc2)Cc2cc(OC)ccc21. The average molecular weight is 700 g/mol. The molecule has 1 aliphatic rings. The zero-order valence-electron chi connectivity index (χ0n) is 28.7. The summed E-state index contributed by atoms with van der Waals surface area (Å²) in [5.74, 6) is 0.512. The standard InChI is InChI=1S/C37H50NO10P/c1-41-17-18-44-21-22-46-25-26-48-28-27-47-24-23-45-20-19-43-16-15-38-35-14-13-32(42-2)29-31(35)30-36(37(38)39)49(40,33-9-5-3-6-10-33)34-11-7-4-8-12-34/h3-14,29,36H,15-28,30H2,1-2H3. The van der Waals surface area contributed by atoms with Crippen LogP contribution in [0.2, 0.25) is 0 Å². The molecule has 3 aromatic rings. The van der Waals surface area contributed by atoms with Crippen LogP contribution in [0.5, 0.6) is 5.75 Å². The van der Waals surface area contributed by atoms with Crippen molar-refractivity contribution in [1.82, 2.24) is 0 Å². The number of carbonyl (C=O) groups is 1. The third-order valence-corrected chi connectivity index (χ3v) is 11.4. The molecule has 0 aromatic heterocycles. The lowest BCUT2D eigenvalue weighted by Gasteiger charge is -2.38. The Labute approximate surface area is 290 Å². The normalized spacial score (nSPS) is 14.6. The van der Waals surface area contributed by atoms with Gasteiger partial charge in [0.25, 0.3) is 0 Å². The molecule has 0 aliphatic carbocycles. The van der Waals surface area contributed by atoms with Crippen LogP contribution >= 0.6 is 7.14 Å². The minimum Gasteiger partial charge on any atom is -0.497 e. The van der Waals surface area contributed by atoms with E-state index in [9.17, 15) is 4.79 Å². The highest BCUT2D eigenvalue weighted by molar-refractivity contribution is 7.80. The maximum atomic E-state index is 15.2. The lowest BCUT2D eigenvalue weighted by atomic mass is 10.0. The predicted molar refractivity (Wildman–Crippen MR) is 189 cm³/mol. The smallest absolute Gasteiger partial charge is 0.238 e. The molecule has 1 aliphatic heterocycles. The van der Waals surface area contributed by atoms with E-state index in [1.807, 2.05) is 78.9 Å². The topological polar surface area (TPSA) is 111 Å². The molecule has 268 valence electrons. The number of fused-ring (bicyclic) bond motifs is 1. The molecule has 11 nitrogen and oxygen atoms in total. The van der Waals surface area contributed by atoms with Crippen LogP contribution in [0.3, 0.4) is 0 Å². The van der Waals surface area contributed by atoms with Crippen LogP contribution < -0.4 is 20.2 Å². The maximum Gasteiger partial charge on any atom is 0.238 e. The van der Waals surface area contributed by atoms with Gasteiger partial charge >= 0.3 is 0 Å². The molecule has 0 saturated carbocycles. The van der Waals surface area contributed by atoms with Crippen molar-refractivity contribution < 1.29 is 47.3 Å². The molecule has 49 heavy (non-hydrogen) atoms. The molecule has 0 spiro atoms. The fraction of sp³-hybridized carbons (Fsp3) is 0.486. The molecule has 1 unspecified atom stereocenters. The van der Waals surface area contributed by atoms with Gasteiger partial charge in [0.1, 0.15) is 11.4 Å². The fourth-order valence-electron chi connectivity index (χ4n) is 5.53. The Hall–Kier alpha value is -3.12. The van der Waals surface area contributed by atoms with Crippen LogP contribution in [0, 0.1) is 0 Å². The van der Waals surface area contributed by atoms with E-state index in [4.69, 9.17) is 37.9 Å². The first-order chi connectivity index (χ1) is 24.1. The third kappa shape index (κ3) is 11.7. The van der Waals surface area contributed by atoms with E-state index in [1.165, 1.54) is 0 Å². The summed E-state index contributed by atoms with van der Waals surface area (Å²) >= 11 is 0. The number of hydrogen-bond acceptors (Lipinski definition) is 10. The van der Waals surface area contributed by atoms with E-state index in [-0.39, 0.29) is 5.91 Å². The number of carbonyl (C=O) groups excluding carboxylic acids is 1. The van der Waals surface area contributed by atoms with Crippen molar-refractivity contribution >= 4 is 29.3 Å². The van der Waals surface area contributed by atoms with Gasteiger partial charge < -0.3 is 47.4 Å². The highest BCUT2D eigenvalue weighted by Crippen LogP contribution is 2.53. The first-order valence-corrected chi connectivity index (χ1v) is 18.5. The van der Waals surface area contributed by atoms with Crippen molar-refractivity contribution in [1.29, 1.82) is 0 Å². The van der Waals surface area contributed by atoms with Crippen LogP contribution in [0.25, 0.3) is 0 Å². The van der Waals surface area contributed by atoms with Gasteiger partial charge in [-0.15, -0.1) is 0 Å². The van der Waals surface area contributed by atoms with Gasteiger partial charge in [-0.3, -0.25) is 4.79 Å². The quantitative estimate of drug-likeness (QED) is 0.0959. The number of anilines is 1. The fourth-order valence-corrected chi connectivity index (χ4v) is 8.68. The molecular formula is C37H50NO10P. The summed E-state index contributed by atoms with van der Waals surface area (Å²) in [5, 5.41) is 1.33. The molecule has 0 radical (unpaired) electrons. The van der Waals surface area contributed by atoms with Gasteiger partial charge in [0.15, 0.2) is 7.14 Å². The number of benzene rings is 3. The van der Waals surface area contributed by atoms with Crippen molar-refractivity contribution in [2.45, 2.75) is 12.1 Å². The second kappa shape index (κ2) is 21.9. The van der Waals surface area contributed by atoms with Gasteiger partial charge in [-0.1, -0.05) is 60.7 Å². The molecule has 1 amide bonds. The lowest BCUT2D eigenvalue weighted by Crippen LogP contribution is -2.48. The van der Waals surface area contributed by atoms with Crippen LogP contribution in [-0.2, 0) is 48.9 Å². The maximum absolute atomic E-state index is 15.2. The minimum absolute atomic E-state index is 0.175. The first kappa shape index (κ1) is 38.7. The Kier molecular flexibility index (Phi) is 17.3. The average Bonchev–Trinajstić information content (AvgIpc) is 3.14. The van der Waals surface area contributed by atoms with Gasteiger partial charge in [0, 0.05) is 30.0 Å². The van der Waals surface area contributed by atoms with Crippen molar-refractivity contribution in [2.75, 3.05) is 112 Å². The molecule has 0 bridgehead atoms. The number of rotatable bonds is 25. The van der Waals surface area contributed by atoms with E-state index in [1.54, 1.807) is 19.1 Å². The monoisotopic (exact) mass is 699 g/mol. The van der Waals surface area contributed by atoms with Crippen molar-refractivity contribution in [2.24, 2.45) is 0 Å². The summed E-state index contributed by atoms with van der Waals surface area (Å²) in [6.45, 7) is 6.43. The molecule has 12 heteroatoms. The number of amides is 1. The highest BCUT2D eigenvalue weighted by atomic mass is 31.2. The lowest BCUT2D eigenvalue weighted by molar-refractivity contribution is -0.118. The molecule has 0 fully saturated rings. The Morgan fingerprint density at radius 1 is 0.612 bits per heavy atom. The summed E-state index contributed by atoms with van der Waals surface area (Å²) in [6.07, 6.45) is 0.339. The molecule has 0 saturated heterocycles. The summed E-state index contributed by atoms with van der Waals surface area (Å²) in [7, 11) is -0.123. The van der Waals surface area contributed by atoms with E-state index < -0.39 is 12.8 Å². The molecular weight excluding hydrogens is 649 g/mol. The Balaban J connectivity index is 1.19. The molecule has 4 rings (SSSR count). The Morgan fingerprint density at radius 3 is 1.51 bits per heavy atom. The summed E-state index contributed by atoms with van der Waals surface area (Å²) < 4.78 is 58.9. The molecule has 0 N–H and O–H groups in total. The number of methoxy groups -OCH3 is 2. The van der Waals surface area contributed by atoms with Crippen molar-refractivity contribution in [3.8, 4) is 5.75 Å². The first-order valence-electron chi connectivity index (χ1n) is 16.7. The van der Waals surface area contributed by atoms with Crippen LogP contribution in [0.1, 0.15) is 5.56 Å². The summed E-state index contributed by atoms with van der Waals surface area (Å²) in [4.78, 5) is 16.0. The van der Waals surface area contributed by atoms with Crippen molar-refractivity contribution in [3.05, 3.63) is 84.4 Å². The molecule has 3 aromatic carbocycles. The molecule has 1 atom stereocenters. The van der Waals surface area contributed by atoms with E-state index in [2.05, 4.69) is 0 Å². The van der Waals surface area contributed by atoms with Crippen LogP contribution in [0.4, 0.5) is 5.69 Å². The minimum atomic E-state index is -3.38. The second-order valence-electron chi connectivity index (χ2n) is 11.2. The highest BCUT2D eigenvalue weighted by Gasteiger charge is 2.46. The number of ether oxygens (including phenoxy) is 8. The van der Waals surface area contributed by atoms with E-state index >= 15 is 4.57 Å². The molecule has 1 heterocycles. The number of hydrogen-bond donors (Lipinski definition) is 0. The van der Waals surface area contributed by atoms with Gasteiger partial charge in [-0.05, 0) is 30.2 Å². The van der Waals surface area contributed by atoms with Gasteiger partial charge in [-0.2, -0.15) is 0 Å². The van der Waals surface area contributed by atoms with Gasteiger partial charge in [-0.25, -0.2) is 0 Å². The zero-order valence-corrected chi connectivity index (χ0v) is 29.6. The van der Waals surface area contributed by atoms with Crippen molar-refractivity contribution in [3.63, 3.8) is 0 Å². The van der Waals surface area contributed by atoms with Crippen LogP contribution in [-0.4, -0.2) is 118 Å². The zero-order chi connectivity index (χ0) is 34.6. The second-order valence-corrected chi connectivity index (χ2v) is 14.2. The van der Waals surface area contributed by atoms with E-state index in [0.29, 0.717) is 115 Å². The summed E-state index contributed by atoms with van der Waals surface area (Å²) in [5.41, 5.74) is 0.930. The largest absolute Gasteiger partial charge is 0.497 e. The Morgan fingerprint density at radius 2 is 1.06 bits per heavy atom. The Bertz CT molecular complexity index is 1370. The van der Waals surface area contributed by atoms with Crippen LogP contribution in [0.15, 0.2) is 78.9 Å². The predicted octanol–water partition coefficient (Wildman–Crippen LogP) is 3.71. The van der Waals surface area contributed by atoms with E-state index in [0.717, 1.165) is 11.3 Å². The third-order valence-electron chi connectivity index (χ3n) is 8.01. The summed E-state index contributed by atoms with van der Waals surface area (Å²) in [6, 6.07) is 24.3. The van der Waals surface area contributed by atoms with Gasteiger partial charge in [0.2, 0.25) is 5.91 Å².